The van der Waals surface area contributed by atoms with E-state index in [1.165, 1.54) is 12.8 Å². The van der Waals surface area contributed by atoms with Gasteiger partial charge in [-0.05, 0) is 49.2 Å². The fraction of sp³-hybridized carbons (Fsp3) is 0.333. The molecule has 2 aromatic rings. The number of nitrogens with zero attached hydrogens (tertiary/aromatic N) is 1. The van der Waals surface area contributed by atoms with Crippen LogP contribution in [0.15, 0.2) is 48.5 Å². The van der Waals surface area contributed by atoms with E-state index >= 15 is 0 Å². The maximum absolute atomic E-state index is 12.6. The van der Waals surface area contributed by atoms with E-state index in [4.69, 9.17) is 11.6 Å². The van der Waals surface area contributed by atoms with Crippen molar-refractivity contribution in [1.29, 1.82) is 0 Å². The minimum Gasteiger partial charge on any atom is -0.375 e. The van der Waals surface area contributed by atoms with Crippen LogP contribution in [0.5, 0.6) is 0 Å². The van der Waals surface area contributed by atoms with E-state index in [1.807, 2.05) is 23.1 Å². The summed E-state index contributed by atoms with van der Waals surface area (Å²) in [6.07, 6.45) is 4.52. The van der Waals surface area contributed by atoms with Gasteiger partial charge in [0.1, 0.15) is 0 Å². The molecule has 2 N–H and O–H groups in total. The molecule has 6 heteroatoms. The molecule has 1 fully saturated rings. The Morgan fingerprint density at radius 2 is 1.59 bits per heavy atom. The molecule has 2 amide bonds. The van der Waals surface area contributed by atoms with E-state index in [0.717, 1.165) is 25.9 Å². The Hall–Kier alpha value is -2.53. The largest absolute Gasteiger partial charge is 0.375 e. The summed E-state index contributed by atoms with van der Waals surface area (Å²) in [6.45, 7) is 1.76. The standard InChI is InChI=1S/C21H24ClN3O2/c22-18-7-3-4-8-19(18)23-15-20(26)24-17-11-9-16(10-12-17)21(27)25-13-5-1-2-6-14-25/h3-4,7-12,23H,1-2,5-6,13-15H2,(H,24,26). The number of rotatable bonds is 5. The van der Waals surface area contributed by atoms with Gasteiger partial charge < -0.3 is 15.5 Å². The molecule has 1 heterocycles. The van der Waals surface area contributed by atoms with E-state index in [1.54, 1.807) is 30.3 Å². The fourth-order valence-corrected chi connectivity index (χ4v) is 3.34. The Bertz CT molecular complexity index is 784. The van der Waals surface area contributed by atoms with Crippen molar-refractivity contribution in [2.24, 2.45) is 0 Å². The molecule has 0 radical (unpaired) electrons. The van der Waals surface area contributed by atoms with E-state index in [-0.39, 0.29) is 18.4 Å². The van der Waals surface area contributed by atoms with Gasteiger partial charge in [0.05, 0.1) is 17.3 Å². The first-order valence-corrected chi connectivity index (χ1v) is 9.69. The quantitative estimate of drug-likeness (QED) is 0.801. The molecule has 0 saturated carbocycles. The van der Waals surface area contributed by atoms with Gasteiger partial charge in [-0.3, -0.25) is 9.59 Å². The van der Waals surface area contributed by atoms with E-state index in [0.29, 0.717) is 22.0 Å². The molecule has 27 heavy (non-hydrogen) atoms. The smallest absolute Gasteiger partial charge is 0.253 e. The topological polar surface area (TPSA) is 61.4 Å². The number of likely N-dealkylation sites (tertiary alicyclic amines) is 1. The highest BCUT2D eigenvalue weighted by Crippen LogP contribution is 2.20. The second-order valence-corrected chi connectivity index (χ2v) is 7.07. The fourth-order valence-electron chi connectivity index (χ4n) is 3.14. The highest BCUT2D eigenvalue weighted by molar-refractivity contribution is 6.33. The molecule has 1 saturated heterocycles. The predicted octanol–water partition coefficient (Wildman–Crippen LogP) is 4.41. The maximum atomic E-state index is 12.6. The Kier molecular flexibility index (Phi) is 6.71. The van der Waals surface area contributed by atoms with Gasteiger partial charge in [-0.25, -0.2) is 0 Å². The first-order chi connectivity index (χ1) is 13.1. The van der Waals surface area contributed by atoms with Crippen LogP contribution in [0.3, 0.4) is 0 Å². The summed E-state index contributed by atoms with van der Waals surface area (Å²) < 4.78 is 0. The van der Waals surface area contributed by atoms with Gasteiger partial charge >= 0.3 is 0 Å². The first kappa shape index (κ1) is 19.2. The SMILES string of the molecule is O=C(CNc1ccccc1Cl)Nc1ccc(C(=O)N2CCCCCC2)cc1. The van der Waals surface area contributed by atoms with Gasteiger partial charge in [0.2, 0.25) is 5.91 Å². The lowest BCUT2D eigenvalue weighted by Gasteiger charge is -2.20. The summed E-state index contributed by atoms with van der Waals surface area (Å²) in [4.78, 5) is 26.6. The van der Waals surface area contributed by atoms with Crippen LogP contribution in [-0.2, 0) is 4.79 Å². The number of para-hydroxylation sites is 1. The van der Waals surface area contributed by atoms with Crippen LogP contribution >= 0.6 is 11.6 Å². The zero-order chi connectivity index (χ0) is 19.1. The van der Waals surface area contributed by atoms with Gasteiger partial charge in [0.25, 0.3) is 5.91 Å². The molecule has 142 valence electrons. The summed E-state index contributed by atoms with van der Waals surface area (Å²) in [5, 5.41) is 6.40. The Morgan fingerprint density at radius 3 is 2.26 bits per heavy atom. The molecule has 0 bridgehead atoms. The average Bonchev–Trinajstić information content (AvgIpc) is 2.97. The number of carbonyl (C=O) groups is 2. The average molecular weight is 386 g/mol. The predicted molar refractivity (Wildman–Crippen MR) is 109 cm³/mol. The summed E-state index contributed by atoms with van der Waals surface area (Å²) in [7, 11) is 0. The number of hydrogen-bond donors (Lipinski definition) is 2. The number of halogens is 1. The van der Waals surface area contributed by atoms with Crippen LogP contribution in [0.2, 0.25) is 5.02 Å². The van der Waals surface area contributed by atoms with Gasteiger partial charge in [0.15, 0.2) is 0 Å². The molecule has 0 spiro atoms. The molecular weight excluding hydrogens is 362 g/mol. The third-order valence-corrected chi connectivity index (χ3v) is 4.95. The molecular formula is C21H24ClN3O2. The van der Waals surface area contributed by atoms with Crippen molar-refractivity contribution in [3.8, 4) is 0 Å². The number of amides is 2. The molecule has 5 nitrogen and oxygen atoms in total. The molecule has 2 aromatic carbocycles. The monoisotopic (exact) mass is 385 g/mol. The second kappa shape index (κ2) is 9.42. The van der Waals surface area contributed by atoms with Crippen LogP contribution in [0.4, 0.5) is 11.4 Å². The Morgan fingerprint density at radius 1 is 0.926 bits per heavy atom. The van der Waals surface area contributed by atoms with Crippen molar-refractivity contribution in [1.82, 2.24) is 4.90 Å². The number of hydrogen-bond acceptors (Lipinski definition) is 3. The van der Waals surface area contributed by atoms with E-state index in [9.17, 15) is 9.59 Å². The zero-order valence-electron chi connectivity index (χ0n) is 15.2. The first-order valence-electron chi connectivity index (χ1n) is 9.31. The van der Waals surface area contributed by atoms with Crippen LogP contribution in [0.1, 0.15) is 36.0 Å². The third-order valence-electron chi connectivity index (χ3n) is 4.62. The normalized spacial score (nSPS) is 14.3. The van der Waals surface area contributed by atoms with Gasteiger partial charge in [-0.15, -0.1) is 0 Å². The van der Waals surface area contributed by atoms with Crippen molar-refractivity contribution < 1.29 is 9.59 Å². The summed E-state index contributed by atoms with van der Waals surface area (Å²) in [6, 6.07) is 14.3. The second-order valence-electron chi connectivity index (χ2n) is 6.67. The minimum absolute atomic E-state index is 0.0650. The van der Waals surface area contributed by atoms with Crippen molar-refractivity contribution in [3.63, 3.8) is 0 Å². The zero-order valence-corrected chi connectivity index (χ0v) is 16.0. The van der Waals surface area contributed by atoms with Crippen LogP contribution in [-0.4, -0.2) is 36.3 Å². The number of benzene rings is 2. The number of carbonyl (C=O) groups excluding carboxylic acids is 2. The molecule has 1 aliphatic rings. The lowest BCUT2D eigenvalue weighted by Crippen LogP contribution is -2.31. The molecule has 0 unspecified atom stereocenters. The Balaban J connectivity index is 1.53. The summed E-state index contributed by atoms with van der Waals surface area (Å²) in [5.74, 6) is -0.114. The number of nitrogens with one attached hydrogen (secondary N) is 2. The molecule has 3 rings (SSSR count). The van der Waals surface area contributed by atoms with Crippen LogP contribution < -0.4 is 10.6 Å². The number of anilines is 2. The Labute approximate surface area is 164 Å². The van der Waals surface area contributed by atoms with Crippen molar-refractivity contribution in [3.05, 3.63) is 59.1 Å². The lowest BCUT2D eigenvalue weighted by molar-refractivity contribution is -0.114. The lowest BCUT2D eigenvalue weighted by atomic mass is 10.1. The molecule has 1 aliphatic heterocycles. The van der Waals surface area contributed by atoms with Crippen molar-refractivity contribution in [2.45, 2.75) is 25.7 Å². The third kappa shape index (κ3) is 5.47. The van der Waals surface area contributed by atoms with Crippen molar-refractivity contribution in [2.75, 3.05) is 30.3 Å². The maximum Gasteiger partial charge on any atom is 0.253 e. The minimum atomic E-state index is -0.179. The molecule has 0 aromatic heterocycles. The highest BCUT2D eigenvalue weighted by Gasteiger charge is 2.17. The van der Waals surface area contributed by atoms with E-state index < -0.39 is 0 Å². The van der Waals surface area contributed by atoms with Gasteiger partial charge in [-0.1, -0.05) is 36.6 Å². The summed E-state index contributed by atoms with van der Waals surface area (Å²) in [5.41, 5.74) is 2.03. The van der Waals surface area contributed by atoms with Crippen LogP contribution in [0.25, 0.3) is 0 Å². The van der Waals surface area contributed by atoms with Crippen molar-refractivity contribution >= 4 is 34.8 Å². The van der Waals surface area contributed by atoms with Gasteiger partial charge in [0, 0.05) is 24.3 Å². The molecule has 0 aliphatic carbocycles. The highest BCUT2D eigenvalue weighted by atomic mass is 35.5. The molecule has 0 atom stereocenters. The summed E-state index contributed by atoms with van der Waals surface area (Å²) >= 11 is 6.06. The van der Waals surface area contributed by atoms with Gasteiger partial charge in [-0.2, -0.15) is 0 Å². The van der Waals surface area contributed by atoms with E-state index in [2.05, 4.69) is 10.6 Å². The van der Waals surface area contributed by atoms with Crippen LogP contribution in [0, 0.1) is 0 Å².